The molecule has 0 N–H and O–H groups in total. The molecular formula is C26H24ClF3N4O4S. The van der Waals surface area contributed by atoms with Crippen molar-refractivity contribution in [1.29, 1.82) is 0 Å². The van der Waals surface area contributed by atoms with Crippen LogP contribution in [0.15, 0.2) is 48.5 Å². The minimum atomic E-state index is -5.97. The van der Waals surface area contributed by atoms with E-state index in [1.54, 1.807) is 12.1 Å². The summed E-state index contributed by atoms with van der Waals surface area (Å²) in [7, 11) is -5.97. The molecule has 0 fully saturated rings. The Kier molecular flexibility index (Phi) is 7.89. The third-order valence-corrected chi connectivity index (χ3v) is 7.84. The van der Waals surface area contributed by atoms with Crippen molar-refractivity contribution in [3.05, 3.63) is 81.8 Å². The Labute approximate surface area is 228 Å². The minimum absolute atomic E-state index is 0.181. The van der Waals surface area contributed by atoms with Crippen LogP contribution >= 0.6 is 11.6 Å². The molecule has 0 aliphatic carbocycles. The fourth-order valence-corrected chi connectivity index (χ4v) is 5.19. The number of aromatic nitrogens is 3. The molecule has 2 heterocycles. The molecule has 0 atom stereocenters. The van der Waals surface area contributed by atoms with Crippen molar-refractivity contribution in [1.82, 2.24) is 14.5 Å². The summed E-state index contributed by atoms with van der Waals surface area (Å²) in [4.78, 5) is 20.7. The van der Waals surface area contributed by atoms with Crippen LogP contribution in [0.3, 0.4) is 0 Å². The number of carbonyl (C=O) groups is 1. The average Bonchev–Trinajstić information content (AvgIpc) is 3.22. The highest BCUT2D eigenvalue weighted by atomic mass is 35.5. The van der Waals surface area contributed by atoms with Crippen molar-refractivity contribution < 1.29 is 31.1 Å². The number of halogens is 4. The number of imidazole rings is 1. The van der Waals surface area contributed by atoms with Crippen LogP contribution in [-0.2, 0) is 34.4 Å². The van der Waals surface area contributed by atoms with Crippen molar-refractivity contribution >= 4 is 44.9 Å². The Morgan fingerprint density at radius 1 is 1.10 bits per heavy atom. The van der Waals surface area contributed by atoms with Gasteiger partial charge in [0.15, 0.2) is 5.65 Å². The van der Waals surface area contributed by atoms with Gasteiger partial charge in [0.05, 0.1) is 17.3 Å². The van der Waals surface area contributed by atoms with Crippen molar-refractivity contribution in [2.24, 2.45) is 0 Å². The number of anilines is 1. The first kappa shape index (κ1) is 28.4. The van der Waals surface area contributed by atoms with Gasteiger partial charge in [-0.25, -0.2) is 14.3 Å². The van der Waals surface area contributed by atoms with E-state index in [-0.39, 0.29) is 17.2 Å². The highest BCUT2D eigenvalue weighted by Gasteiger charge is 2.51. The van der Waals surface area contributed by atoms with Crippen molar-refractivity contribution in [3.63, 3.8) is 0 Å². The van der Waals surface area contributed by atoms with Gasteiger partial charge in [0.25, 0.3) is 0 Å². The van der Waals surface area contributed by atoms with Crippen molar-refractivity contribution in [2.45, 2.75) is 45.9 Å². The zero-order chi connectivity index (χ0) is 28.5. The highest BCUT2D eigenvalue weighted by Crippen LogP contribution is 2.35. The summed E-state index contributed by atoms with van der Waals surface area (Å²) in [5.41, 5.74) is -1.50. The molecule has 0 bridgehead atoms. The lowest BCUT2D eigenvalue weighted by Crippen LogP contribution is -2.40. The van der Waals surface area contributed by atoms with Crippen LogP contribution in [0.4, 0.5) is 18.9 Å². The number of benzene rings is 2. The SMILES string of the molecule is CCc1nc2c(C)cc(C)nc2n1Cc1ccc(OCc2cccc(N(C=O)S(=O)(=O)C(F)(F)F)c2Cl)cc1. The number of amides is 1. The molecule has 8 nitrogen and oxygen atoms in total. The normalized spacial score (nSPS) is 12.1. The Morgan fingerprint density at radius 2 is 1.79 bits per heavy atom. The number of hydrogen-bond donors (Lipinski definition) is 0. The number of sulfonamides is 1. The molecule has 4 aromatic rings. The van der Waals surface area contributed by atoms with E-state index in [4.69, 9.17) is 21.3 Å². The van der Waals surface area contributed by atoms with E-state index in [0.717, 1.165) is 46.3 Å². The van der Waals surface area contributed by atoms with E-state index < -0.39 is 31.9 Å². The predicted octanol–water partition coefficient (Wildman–Crippen LogP) is 5.70. The maximum Gasteiger partial charge on any atom is 0.517 e. The first-order chi connectivity index (χ1) is 18.4. The third kappa shape index (κ3) is 5.57. The Bertz CT molecular complexity index is 1640. The fraction of sp³-hybridized carbons (Fsp3) is 0.269. The number of fused-ring (bicyclic) bond motifs is 1. The Hall–Kier alpha value is -3.64. The van der Waals surface area contributed by atoms with E-state index in [9.17, 15) is 26.4 Å². The smallest absolute Gasteiger partial charge is 0.489 e. The maximum absolute atomic E-state index is 13.0. The maximum atomic E-state index is 13.0. The van der Waals surface area contributed by atoms with Crippen LogP contribution in [-0.4, -0.2) is 34.9 Å². The molecule has 1 amide bonds. The highest BCUT2D eigenvalue weighted by molar-refractivity contribution is 7.94. The molecule has 206 valence electrons. The van der Waals surface area contributed by atoms with Gasteiger partial charge in [0, 0.05) is 17.7 Å². The molecule has 4 rings (SSSR count). The quantitative estimate of drug-likeness (QED) is 0.236. The zero-order valence-corrected chi connectivity index (χ0v) is 22.7. The van der Waals surface area contributed by atoms with E-state index in [1.807, 2.05) is 39.0 Å². The third-order valence-electron chi connectivity index (χ3n) is 6.02. The van der Waals surface area contributed by atoms with Crippen molar-refractivity contribution in [2.75, 3.05) is 4.31 Å². The van der Waals surface area contributed by atoms with Crippen LogP contribution in [0.2, 0.25) is 5.02 Å². The molecule has 0 aliphatic heterocycles. The van der Waals surface area contributed by atoms with Gasteiger partial charge in [0.2, 0.25) is 6.41 Å². The van der Waals surface area contributed by atoms with Crippen molar-refractivity contribution in [3.8, 4) is 5.75 Å². The summed E-state index contributed by atoms with van der Waals surface area (Å²) in [5.74, 6) is 1.37. The Morgan fingerprint density at radius 3 is 2.41 bits per heavy atom. The number of pyridine rings is 1. The van der Waals surface area contributed by atoms with E-state index in [0.29, 0.717) is 12.3 Å². The lowest BCUT2D eigenvalue weighted by atomic mass is 10.2. The predicted molar refractivity (Wildman–Crippen MR) is 141 cm³/mol. The van der Waals surface area contributed by atoms with Crippen LogP contribution in [0.25, 0.3) is 11.2 Å². The second-order valence-corrected chi connectivity index (χ2v) is 10.9. The van der Waals surface area contributed by atoms with Crippen LogP contribution in [0, 0.1) is 13.8 Å². The molecule has 13 heteroatoms. The zero-order valence-electron chi connectivity index (χ0n) is 21.2. The average molecular weight is 581 g/mol. The van der Waals surface area contributed by atoms with Crippen LogP contribution in [0.5, 0.6) is 5.75 Å². The molecule has 0 saturated heterocycles. The van der Waals surface area contributed by atoms with Gasteiger partial charge in [0.1, 0.15) is 23.7 Å². The summed E-state index contributed by atoms with van der Waals surface area (Å²) >= 11 is 6.18. The van der Waals surface area contributed by atoms with Gasteiger partial charge in [-0.15, -0.1) is 0 Å². The molecule has 39 heavy (non-hydrogen) atoms. The van der Waals surface area contributed by atoms with Gasteiger partial charge in [-0.1, -0.05) is 42.8 Å². The first-order valence-electron chi connectivity index (χ1n) is 11.8. The summed E-state index contributed by atoms with van der Waals surface area (Å²) in [6.07, 6.45) is 0.292. The number of nitrogens with zero attached hydrogens (tertiary/aromatic N) is 4. The molecule has 0 spiro atoms. The monoisotopic (exact) mass is 580 g/mol. The van der Waals surface area contributed by atoms with Gasteiger partial charge < -0.3 is 9.30 Å². The molecule has 0 aliphatic rings. The molecule has 0 radical (unpaired) electrons. The fourth-order valence-electron chi connectivity index (χ4n) is 4.12. The van der Waals surface area contributed by atoms with Gasteiger partial charge in [-0.2, -0.15) is 21.6 Å². The summed E-state index contributed by atoms with van der Waals surface area (Å²) in [6, 6.07) is 12.9. The van der Waals surface area contributed by atoms with E-state index >= 15 is 0 Å². The second-order valence-electron chi connectivity index (χ2n) is 8.76. The summed E-state index contributed by atoms with van der Waals surface area (Å²) in [6.45, 7) is 6.34. The van der Waals surface area contributed by atoms with Crippen LogP contribution < -0.4 is 9.04 Å². The van der Waals surface area contributed by atoms with Gasteiger partial charge >= 0.3 is 15.5 Å². The van der Waals surface area contributed by atoms with Crippen LogP contribution in [0.1, 0.15) is 35.1 Å². The molecule has 2 aromatic carbocycles. The van der Waals surface area contributed by atoms with Gasteiger partial charge in [-0.3, -0.25) is 4.79 Å². The lowest BCUT2D eigenvalue weighted by molar-refractivity contribution is -0.107. The number of aryl methyl sites for hydroxylation is 3. The standard InChI is InChI=1S/C26H24ClF3N4O4S/c1-4-22-32-24-16(2)12-17(3)31-25(24)33(22)13-18-8-10-20(11-9-18)38-14-19-6-5-7-21(23(19)27)34(15-35)39(36,37)26(28,29)30/h5-12,15H,4,13-14H2,1-3H3. The number of rotatable bonds is 9. The number of alkyl halides is 3. The van der Waals surface area contributed by atoms with E-state index in [1.165, 1.54) is 12.1 Å². The topological polar surface area (TPSA) is 94.4 Å². The minimum Gasteiger partial charge on any atom is -0.489 e. The van der Waals surface area contributed by atoms with E-state index in [2.05, 4.69) is 9.55 Å². The largest absolute Gasteiger partial charge is 0.517 e. The number of hydrogen-bond acceptors (Lipinski definition) is 6. The lowest BCUT2D eigenvalue weighted by Gasteiger charge is -2.21. The Balaban J connectivity index is 1.52. The second kappa shape index (κ2) is 10.9. The molecule has 0 unspecified atom stereocenters. The molecule has 2 aromatic heterocycles. The summed E-state index contributed by atoms with van der Waals surface area (Å²) in [5, 5.41) is -0.355. The number of ether oxygens (including phenoxy) is 1. The molecule has 0 saturated carbocycles. The summed E-state index contributed by atoms with van der Waals surface area (Å²) < 4.78 is 69.9. The number of carbonyl (C=O) groups excluding carboxylic acids is 1. The van der Waals surface area contributed by atoms with Gasteiger partial charge in [-0.05, 0) is 49.2 Å². The first-order valence-corrected chi connectivity index (χ1v) is 13.6. The molecular weight excluding hydrogens is 557 g/mol.